The number of esters is 1. The van der Waals surface area contributed by atoms with Gasteiger partial charge in [0, 0.05) is 7.11 Å². The molecule has 1 aromatic rings. The first-order chi connectivity index (χ1) is 16.7. The third-order valence-corrected chi connectivity index (χ3v) is 7.19. The van der Waals surface area contributed by atoms with Crippen molar-refractivity contribution in [2.45, 2.75) is 95.5 Å². The number of hydrogen-bond acceptors (Lipinski definition) is 8. The average molecular weight is 492 g/mol. The first kappa shape index (κ1) is 26.0. The first-order valence-corrected chi connectivity index (χ1v) is 12.4. The van der Waals surface area contributed by atoms with E-state index >= 15 is 0 Å². The second kappa shape index (κ2) is 10.9. The van der Waals surface area contributed by atoms with Gasteiger partial charge in [0.05, 0.1) is 24.5 Å². The maximum Gasteiger partial charge on any atom is 0.314 e. The Hall–Kier alpha value is -2.04. The average Bonchev–Trinajstić information content (AvgIpc) is 3.31. The Balaban J connectivity index is 1.45. The summed E-state index contributed by atoms with van der Waals surface area (Å²) in [5, 5.41) is 0. The predicted molar refractivity (Wildman–Crippen MR) is 125 cm³/mol. The summed E-state index contributed by atoms with van der Waals surface area (Å²) in [5.41, 5.74) is 5.55. The molecular formula is C26H37NO8. The van der Waals surface area contributed by atoms with E-state index in [1.807, 2.05) is 44.2 Å². The number of carbonyl (C=O) groups is 2. The number of ether oxygens (including phenoxy) is 6. The molecule has 3 aliphatic rings. The predicted octanol–water partition coefficient (Wildman–Crippen LogP) is 2.83. The number of nitrogens with two attached hydrogens (primary N) is 1. The third-order valence-electron chi connectivity index (χ3n) is 7.19. The zero-order valence-electron chi connectivity index (χ0n) is 20.8. The zero-order valence-corrected chi connectivity index (χ0v) is 20.8. The van der Waals surface area contributed by atoms with Crippen LogP contribution in [0.1, 0.15) is 57.9 Å². The van der Waals surface area contributed by atoms with E-state index in [9.17, 15) is 9.59 Å². The van der Waals surface area contributed by atoms with Crippen LogP contribution in [0.15, 0.2) is 30.3 Å². The molecule has 5 atom stereocenters. The molecule has 9 nitrogen and oxygen atoms in total. The molecule has 0 radical (unpaired) electrons. The van der Waals surface area contributed by atoms with E-state index in [1.165, 1.54) is 7.11 Å². The summed E-state index contributed by atoms with van der Waals surface area (Å²) in [6, 6.07) is 9.81. The standard InChI is InChI=1S/C26H37NO8/c1-25(2)34-22-21(31-15-17-10-6-4-7-11-17)18(33-23(22)35-25)16-32-24(29)26(12-8-5-9-13-26)19(30-3)14-20(27)28/h4,6-7,10-11,18-19,21-23H,5,8-9,12-16H2,1-3H3,(H2,27,28). The van der Waals surface area contributed by atoms with Crippen LogP contribution < -0.4 is 5.73 Å². The van der Waals surface area contributed by atoms with Crippen molar-refractivity contribution in [1.29, 1.82) is 0 Å². The van der Waals surface area contributed by atoms with Crippen molar-refractivity contribution in [2.75, 3.05) is 13.7 Å². The number of fused-ring (bicyclic) bond motifs is 1. The monoisotopic (exact) mass is 491 g/mol. The van der Waals surface area contributed by atoms with Gasteiger partial charge in [0.25, 0.3) is 0 Å². The Morgan fingerprint density at radius 2 is 1.83 bits per heavy atom. The molecular weight excluding hydrogens is 454 g/mol. The molecule has 2 saturated heterocycles. The van der Waals surface area contributed by atoms with Crippen LogP contribution in [0.2, 0.25) is 0 Å². The molecule has 35 heavy (non-hydrogen) atoms. The Bertz CT molecular complexity index is 869. The lowest BCUT2D eigenvalue weighted by Gasteiger charge is -2.40. The van der Waals surface area contributed by atoms with Crippen LogP contribution in [0.5, 0.6) is 0 Å². The van der Waals surface area contributed by atoms with E-state index < -0.39 is 53.8 Å². The highest BCUT2D eigenvalue weighted by Gasteiger charge is 2.56. The number of benzene rings is 1. The topological polar surface area (TPSA) is 116 Å². The van der Waals surface area contributed by atoms with Gasteiger partial charge in [-0.25, -0.2) is 0 Å². The molecule has 9 heteroatoms. The normalized spacial score (nSPS) is 29.9. The molecule has 5 unspecified atom stereocenters. The van der Waals surface area contributed by atoms with Crippen LogP contribution in [0, 0.1) is 5.41 Å². The summed E-state index contributed by atoms with van der Waals surface area (Å²) in [7, 11) is 1.50. The molecule has 4 rings (SSSR count). The lowest BCUT2D eigenvalue weighted by atomic mass is 9.69. The molecule has 3 fully saturated rings. The van der Waals surface area contributed by atoms with E-state index in [0.29, 0.717) is 19.4 Å². The van der Waals surface area contributed by atoms with Gasteiger partial charge in [0.15, 0.2) is 12.1 Å². The van der Waals surface area contributed by atoms with E-state index in [1.54, 1.807) is 0 Å². The van der Waals surface area contributed by atoms with Gasteiger partial charge < -0.3 is 34.2 Å². The second-order valence-corrected chi connectivity index (χ2v) is 10.1. The smallest absolute Gasteiger partial charge is 0.314 e. The number of carbonyl (C=O) groups excluding carboxylic acids is 2. The minimum absolute atomic E-state index is 0.0206. The minimum atomic E-state index is -0.911. The molecule has 1 aliphatic carbocycles. The Morgan fingerprint density at radius 1 is 1.11 bits per heavy atom. The molecule has 0 bridgehead atoms. The van der Waals surface area contributed by atoms with Crippen molar-refractivity contribution in [3.63, 3.8) is 0 Å². The van der Waals surface area contributed by atoms with Crippen LogP contribution in [0.4, 0.5) is 0 Å². The van der Waals surface area contributed by atoms with Crippen LogP contribution in [-0.4, -0.2) is 62.1 Å². The molecule has 0 aromatic heterocycles. The largest absolute Gasteiger partial charge is 0.462 e. The van der Waals surface area contributed by atoms with Gasteiger partial charge in [0.2, 0.25) is 5.91 Å². The zero-order chi connectivity index (χ0) is 25.1. The molecule has 1 saturated carbocycles. The van der Waals surface area contributed by atoms with E-state index in [0.717, 1.165) is 24.8 Å². The number of methoxy groups -OCH3 is 1. The highest BCUT2D eigenvalue weighted by Crippen LogP contribution is 2.44. The SMILES string of the molecule is COC(CC(N)=O)C1(C(=O)OCC2OC3OC(C)(C)OC3C2OCc2ccccc2)CCCCC1. The number of rotatable bonds is 10. The molecule has 194 valence electrons. The number of amides is 1. The van der Waals surface area contributed by atoms with Crippen molar-refractivity contribution >= 4 is 11.9 Å². The van der Waals surface area contributed by atoms with E-state index in [4.69, 9.17) is 34.2 Å². The highest BCUT2D eigenvalue weighted by molar-refractivity contribution is 5.80. The van der Waals surface area contributed by atoms with Gasteiger partial charge in [-0.05, 0) is 32.3 Å². The summed E-state index contributed by atoms with van der Waals surface area (Å²) in [6.45, 7) is 4.00. The molecule has 2 N–H and O–H groups in total. The lowest BCUT2D eigenvalue weighted by molar-refractivity contribution is -0.226. The van der Waals surface area contributed by atoms with Crippen LogP contribution in [-0.2, 0) is 44.6 Å². The highest BCUT2D eigenvalue weighted by atomic mass is 16.8. The quantitative estimate of drug-likeness (QED) is 0.497. The number of primary amides is 1. The first-order valence-electron chi connectivity index (χ1n) is 12.4. The molecule has 2 heterocycles. The minimum Gasteiger partial charge on any atom is -0.462 e. The van der Waals surface area contributed by atoms with E-state index in [-0.39, 0.29) is 13.0 Å². The van der Waals surface area contributed by atoms with Crippen LogP contribution >= 0.6 is 0 Å². The van der Waals surface area contributed by atoms with Crippen molar-refractivity contribution in [3.8, 4) is 0 Å². The van der Waals surface area contributed by atoms with Crippen LogP contribution in [0.25, 0.3) is 0 Å². The van der Waals surface area contributed by atoms with Crippen molar-refractivity contribution in [2.24, 2.45) is 11.1 Å². The van der Waals surface area contributed by atoms with Crippen molar-refractivity contribution in [1.82, 2.24) is 0 Å². The van der Waals surface area contributed by atoms with Gasteiger partial charge in [-0.2, -0.15) is 0 Å². The summed E-state index contributed by atoms with van der Waals surface area (Å²) >= 11 is 0. The van der Waals surface area contributed by atoms with Gasteiger partial charge in [-0.15, -0.1) is 0 Å². The van der Waals surface area contributed by atoms with Crippen molar-refractivity contribution in [3.05, 3.63) is 35.9 Å². The molecule has 2 aliphatic heterocycles. The summed E-state index contributed by atoms with van der Waals surface area (Å²) in [6.07, 6.45) is 1.15. The van der Waals surface area contributed by atoms with Crippen molar-refractivity contribution < 1.29 is 38.0 Å². The molecule has 1 aromatic carbocycles. The summed E-state index contributed by atoms with van der Waals surface area (Å²) < 4.78 is 35.7. The van der Waals surface area contributed by atoms with Gasteiger partial charge in [-0.1, -0.05) is 49.6 Å². The summed E-state index contributed by atoms with van der Waals surface area (Å²) in [4.78, 5) is 25.1. The van der Waals surface area contributed by atoms with Gasteiger partial charge in [0.1, 0.15) is 24.9 Å². The molecule has 1 amide bonds. The third kappa shape index (κ3) is 5.86. The van der Waals surface area contributed by atoms with Gasteiger partial charge in [-0.3, -0.25) is 9.59 Å². The fourth-order valence-corrected chi connectivity index (χ4v) is 5.48. The Morgan fingerprint density at radius 3 is 2.49 bits per heavy atom. The summed E-state index contributed by atoms with van der Waals surface area (Å²) in [5.74, 6) is -1.69. The Kier molecular flexibility index (Phi) is 8.12. The van der Waals surface area contributed by atoms with Crippen LogP contribution in [0.3, 0.4) is 0 Å². The number of hydrogen-bond donors (Lipinski definition) is 1. The maximum atomic E-state index is 13.5. The fraction of sp³-hybridized carbons (Fsp3) is 0.692. The second-order valence-electron chi connectivity index (χ2n) is 10.1. The fourth-order valence-electron chi connectivity index (χ4n) is 5.48. The molecule has 0 spiro atoms. The van der Waals surface area contributed by atoms with E-state index in [2.05, 4.69) is 0 Å². The van der Waals surface area contributed by atoms with Gasteiger partial charge >= 0.3 is 5.97 Å². The maximum absolute atomic E-state index is 13.5. The lowest BCUT2D eigenvalue weighted by Crippen LogP contribution is -2.48. The Labute approximate surface area is 206 Å².